The van der Waals surface area contributed by atoms with Crippen molar-refractivity contribution < 1.29 is 22.8 Å². The second kappa shape index (κ2) is 5.55. The van der Waals surface area contributed by atoms with Crippen molar-refractivity contribution in [3.63, 3.8) is 0 Å². The molecule has 2 amide bonds. The average Bonchev–Trinajstić information content (AvgIpc) is 2.73. The lowest BCUT2D eigenvalue weighted by Crippen LogP contribution is -2.49. The van der Waals surface area contributed by atoms with E-state index in [0.29, 0.717) is 12.8 Å². The zero-order valence-corrected chi connectivity index (χ0v) is 10.0. The van der Waals surface area contributed by atoms with Gasteiger partial charge in [-0.25, -0.2) is 0 Å². The smallest absolute Gasteiger partial charge is 0.343 e. The van der Waals surface area contributed by atoms with Gasteiger partial charge in [0.15, 0.2) is 0 Å². The monoisotopic (exact) mass is 267 g/mol. The first kappa shape index (κ1) is 14.7. The molecular weight excluding hydrogens is 251 g/mol. The van der Waals surface area contributed by atoms with E-state index in [0.717, 1.165) is 4.90 Å². The van der Waals surface area contributed by atoms with Gasteiger partial charge in [0.25, 0.3) is 0 Å². The molecule has 0 bridgehead atoms. The molecule has 1 unspecified atom stereocenters. The summed E-state index contributed by atoms with van der Waals surface area (Å²) in [5.74, 6) is -2.19. The van der Waals surface area contributed by atoms with Crippen LogP contribution in [0.4, 0.5) is 13.2 Å². The molecule has 1 atom stereocenters. The SMILES string of the molecule is CN(CC1CCCN1C(=O)C(F)(F)F)C(=O)CN. The quantitative estimate of drug-likeness (QED) is 0.780. The van der Waals surface area contributed by atoms with Gasteiger partial charge in [0.2, 0.25) is 5.91 Å². The van der Waals surface area contributed by atoms with Crippen LogP contribution in [0.15, 0.2) is 0 Å². The number of nitrogens with two attached hydrogens (primary N) is 1. The average molecular weight is 267 g/mol. The Morgan fingerprint density at radius 2 is 2.06 bits per heavy atom. The molecule has 0 aliphatic carbocycles. The number of alkyl halides is 3. The highest BCUT2D eigenvalue weighted by atomic mass is 19.4. The first-order valence-electron chi connectivity index (χ1n) is 5.59. The standard InChI is InChI=1S/C10H16F3N3O2/c1-15(8(17)5-14)6-7-3-2-4-16(7)9(18)10(11,12)13/h7H,2-6,14H2,1H3. The Morgan fingerprint density at radius 1 is 1.44 bits per heavy atom. The number of hydrogen-bond donors (Lipinski definition) is 1. The maximum absolute atomic E-state index is 12.3. The van der Waals surface area contributed by atoms with Crippen molar-refractivity contribution in [2.45, 2.75) is 25.1 Å². The lowest BCUT2D eigenvalue weighted by atomic mass is 10.2. The van der Waals surface area contributed by atoms with E-state index in [9.17, 15) is 22.8 Å². The second-order valence-corrected chi connectivity index (χ2v) is 4.27. The van der Waals surface area contributed by atoms with E-state index in [1.807, 2.05) is 0 Å². The molecule has 0 aromatic heterocycles. The Balaban J connectivity index is 2.66. The van der Waals surface area contributed by atoms with Crippen LogP contribution >= 0.6 is 0 Å². The zero-order chi connectivity index (χ0) is 13.9. The van der Waals surface area contributed by atoms with Crippen LogP contribution in [-0.4, -0.2) is 60.5 Å². The Labute approximate surface area is 103 Å². The molecule has 0 spiro atoms. The van der Waals surface area contributed by atoms with Crippen molar-refractivity contribution in [3.05, 3.63) is 0 Å². The molecule has 0 saturated carbocycles. The van der Waals surface area contributed by atoms with Crippen LogP contribution in [-0.2, 0) is 9.59 Å². The van der Waals surface area contributed by atoms with Crippen LogP contribution in [0.1, 0.15) is 12.8 Å². The molecule has 1 aliphatic rings. The number of rotatable bonds is 3. The molecule has 2 N–H and O–H groups in total. The van der Waals surface area contributed by atoms with Gasteiger partial charge in [-0.05, 0) is 12.8 Å². The third kappa shape index (κ3) is 3.34. The molecule has 1 saturated heterocycles. The summed E-state index contributed by atoms with van der Waals surface area (Å²) in [5, 5.41) is 0. The van der Waals surface area contributed by atoms with Gasteiger partial charge in [0.1, 0.15) is 0 Å². The van der Waals surface area contributed by atoms with Gasteiger partial charge < -0.3 is 15.5 Å². The summed E-state index contributed by atoms with van der Waals surface area (Å²) in [6, 6.07) is -0.584. The minimum atomic E-state index is -4.86. The molecule has 8 heteroatoms. The van der Waals surface area contributed by atoms with Crippen molar-refractivity contribution in [3.8, 4) is 0 Å². The molecule has 5 nitrogen and oxygen atoms in total. The Kier molecular flexibility index (Phi) is 4.55. The van der Waals surface area contributed by atoms with Gasteiger partial charge in [0, 0.05) is 26.2 Å². The molecule has 0 radical (unpaired) electrons. The van der Waals surface area contributed by atoms with E-state index in [1.54, 1.807) is 0 Å². The summed E-state index contributed by atoms with van der Waals surface area (Å²) < 4.78 is 37.0. The van der Waals surface area contributed by atoms with Gasteiger partial charge in [0.05, 0.1) is 6.54 Å². The number of nitrogens with zero attached hydrogens (tertiary/aromatic N) is 2. The summed E-state index contributed by atoms with van der Waals surface area (Å²) in [5.41, 5.74) is 5.16. The molecule has 0 aromatic carbocycles. The number of likely N-dealkylation sites (N-methyl/N-ethyl adjacent to an activating group) is 1. The van der Waals surface area contributed by atoms with Crippen molar-refractivity contribution in [1.29, 1.82) is 0 Å². The topological polar surface area (TPSA) is 66.6 Å². The van der Waals surface area contributed by atoms with Crippen molar-refractivity contribution in [2.75, 3.05) is 26.7 Å². The molecule has 18 heavy (non-hydrogen) atoms. The first-order chi connectivity index (χ1) is 8.27. The number of likely N-dealkylation sites (tertiary alicyclic amines) is 1. The minimum Gasteiger partial charge on any atom is -0.343 e. The van der Waals surface area contributed by atoms with E-state index in [1.165, 1.54) is 11.9 Å². The van der Waals surface area contributed by atoms with E-state index < -0.39 is 18.1 Å². The van der Waals surface area contributed by atoms with Crippen LogP contribution in [0.3, 0.4) is 0 Å². The van der Waals surface area contributed by atoms with Gasteiger partial charge in [-0.3, -0.25) is 9.59 Å². The van der Waals surface area contributed by atoms with Crippen LogP contribution in [0.25, 0.3) is 0 Å². The number of halogens is 3. The second-order valence-electron chi connectivity index (χ2n) is 4.27. The summed E-state index contributed by atoms with van der Waals surface area (Å²) >= 11 is 0. The van der Waals surface area contributed by atoms with E-state index in [4.69, 9.17) is 5.73 Å². The maximum atomic E-state index is 12.3. The summed E-state index contributed by atoms with van der Waals surface area (Å²) in [4.78, 5) is 24.5. The number of carbonyl (C=O) groups is 2. The van der Waals surface area contributed by atoms with Crippen LogP contribution in [0.2, 0.25) is 0 Å². The summed E-state index contributed by atoms with van der Waals surface area (Å²) in [6.45, 7) is -0.0397. The fourth-order valence-electron chi connectivity index (χ4n) is 2.03. The molecule has 1 aliphatic heterocycles. The lowest BCUT2D eigenvalue weighted by Gasteiger charge is -2.29. The normalized spacial score (nSPS) is 20.1. The van der Waals surface area contributed by atoms with E-state index >= 15 is 0 Å². The third-order valence-corrected chi connectivity index (χ3v) is 2.97. The fraction of sp³-hybridized carbons (Fsp3) is 0.800. The number of hydrogen-bond acceptors (Lipinski definition) is 3. The predicted octanol–water partition coefficient (Wildman–Crippen LogP) is -0.0432. The highest BCUT2D eigenvalue weighted by Gasteiger charge is 2.46. The third-order valence-electron chi connectivity index (χ3n) is 2.97. The van der Waals surface area contributed by atoms with Gasteiger partial charge in [-0.2, -0.15) is 13.2 Å². The fourth-order valence-corrected chi connectivity index (χ4v) is 2.03. The lowest BCUT2D eigenvalue weighted by molar-refractivity contribution is -0.186. The van der Waals surface area contributed by atoms with Crippen LogP contribution < -0.4 is 5.73 Å². The molecule has 0 aromatic rings. The number of carbonyl (C=O) groups excluding carboxylic acids is 2. The largest absolute Gasteiger partial charge is 0.471 e. The van der Waals surface area contributed by atoms with Crippen molar-refractivity contribution in [2.24, 2.45) is 5.73 Å². The molecule has 1 rings (SSSR count). The number of amides is 2. The Hall–Kier alpha value is -1.31. The summed E-state index contributed by atoms with van der Waals surface area (Å²) in [7, 11) is 1.46. The highest BCUT2D eigenvalue weighted by Crippen LogP contribution is 2.25. The van der Waals surface area contributed by atoms with E-state index in [2.05, 4.69) is 0 Å². The van der Waals surface area contributed by atoms with Gasteiger partial charge in [-0.15, -0.1) is 0 Å². The zero-order valence-electron chi connectivity index (χ0n) is 10.0. The van der Waals surface area contributed by atoms with Gasteiger partial charge >= 0.3 is 12.1 Å². The maximum Gasteiger partial charge on any atom is 0.471 e. The highest BCUT2D eigenvalue weighted by molar-refractivity contribution is 5.82. The Morgan fingerprint density at radius 3 is 2.56 bits per heavy atom. The molecule has 1 fully saturated rings. The van der Waals surface area contributed by atoms with Crippen LogP contribution in [0, 0.1) is 0 Å². The van der Waals surface area contributed by atoms with E-state index in [-0.39, 0.29) is 25.5 Å². The Bertz CT molecular complexity index is 333. The van der Waals surface area contributed by atoms with Crippen molar-refractivity contribution in [1.82, 2.24) is 9.80 Å². The molecular formula is C10H16F3N3O2. The predicted molar refractivity (Wildman–Crippen MR) is 57.5 cm³/mol. The van der Waals surface area contributed by atoms with Crippen molar-refractivity contribution >= 4 is 11.8 Å². The van der Waals surface area contributed by atoms with Gasteiger partial charge in [-0.1, -0.05) is 0 Å². The van der Waals surface area contributed by atoms with Crippen LogP contribution in [0.5, 0.6) is 0 Å². The molecule has 1 heterocycles. The minimum absolute atomic E-state index is 0.0770. The molecule has 104 valence electrons. The summed E-state index contributed by atoms with van der Waals surface area (Å²) in [6.07, 6.45) is -3.89. The first-order valence-corrected chi connectivity index (χ1v) is 5.59.